The van der Waals surface area contributed by atoms with Crippen LogP contribution in [0.5, 0.6) is 0 Å². The zero-order valence-corrected chi connectivity index (χ0v) is 6.91. The summed E-state index contributed by atoms with van der Waals surface area (Å²) in [6.07, 6.45) is 4.26. The summed E-state index contributed by atoms with van der Waals surface area (Å²) in [5.74, 6) is 0. The first-order valence-electron chi connectivity index (χ1n) is 2.89. The van der Waals surface area contributed by atoms with Gasteiger partial charge in [-0.25, -0.2) is 9.97 Å². The first kappa shape index (κ1) is 6.82. The quantitative estimate of drug-likeness (QED) is 0.737. The number of imidazole rings is 1. The van der Waals surface area contributed by atoms with Gasteiger partial charge in [0.2, 0.25) is 0 Å². The fourth-order valence-corrected chi connectivity index (χ4v) is 1.59. The molecular formula is C6H3ClN3S. The Hall–Kier alpha value is -0.870. The van der Waals surface area contributed by atoms with Gasteiger partial charge in [-0.2, -0.15) is 0 Å². The van der Waals surface area contributed by atoms with Crippen molar-refractivity contribution in [3.63, 3.8) is 0 Å². The van der Waals surface area contributed by atoms with Gasteiger partial charge < -0.3 is 4.98 Å². The summed E-state index contributed by atoms with van der Waals surface area (Å²) in [5, 5.41) is 3.17. The third-order valence-corrected chi connectivity index (χ3v) is 2.23. The summed E-state index contributed by atoms with van der Waals surface area (Å²) < 4.78 is 0. The van der Waals surface area contributed by atoms with Gasteiger partial charge in [0.05, 0.1) is 0 Å². The van der Waals surface area contributed by atoms with Gasteiger partial charge in [0.15, 0.2) is 6.33 Å². The Labute approximate surface area is 72.1 Å². The second kappa shape index (κ2) is 2.64. The number of hydrogen-bond acceptors (Lipinski definition) is 3. The maximum Gasteiger partial charge on any atom is 0.175 e. The molecule has 1 N–H and O–H groups in total. The minimum absolute atomic E-state index is 0.486. The monoisotopic (exact) mass is 184 g/mol. The van der Waals surface area contributed by atoms with Crippen molar-refractivity contribution in [2.24, 2.45) is 0 Å². The molecule has 2 rings (SSSR count). The summed E-state index contributed by atoms with van der Waals surface area (Å²) in [7, 11) is 0. The lowest BCUT2D eigenvalue weighted by molar-refractivity contribution is 1.28. The van der Waals surface area contributed by atoms with E-state index in [0.717, 1.165) is 5.01 Å². The third kappa shape index (κ3) is 1.15. The highest BCUT2D eigenvalue weighted by Gasteiger charge is 2.07. The number of H-pyrrole nitrogens is 1. The van der Waals surface area contributed by atoms with Crippen LogP contribution in [0, 0.1) is 6.33 Å². The van der Waals surface area contributed by atoms with E-state index in [1.807, 2.05) is 5.38 Å². The SMILES string of the molecule is Clc1[nH][c]nc1-c1nccs1. The Kier molecular flexibility index (Phi) is 1.63. The molecule has 0 fully saturated rings. The molecule has 0 bridgehead atoms. The predicted molar refractivity (Wildman–Crippen MR) is 43.5 cm³/mol. The highest BCUT2D eigenvalue weighted by molar-refractivity contribution is 7.13. The number of hydrogen-bond donors (Lipinski definition) is 1. The van der Waals surface area contributed by atoms with Crippen LogP contribution < -0.4 is 0 Å². The van der Waals surface area contributed by atoms with Crippen LogP contribution in [0.4, 0.5) is 0 Å². The molecule has 0 aliphatic heterocycles. The van der Waals surface area contributed by atoms with Crippen molar-refractivity contribution >= 4 is 22.9 Å². The van der Waals surface area contributed by atoms with Crippen LogP contribution in [-0.2, 0) is 0 Å². The van der Waals surface area contributed by atoms with Crippen LogP contribution in [0.3, 0.4) is 0 Å². The zero-order valence-electron chi connectivity index (χ0n) is 5.34. The fraction of sp³-hybridized carbons (Fsp3) is 0. The normalized spacial score (nSPS) is 10.3. The first-order valence-corrected chi connectivity index (χ1v) is 4.15. The molecule has 3 nitrogen and oxygen atoms in total. The molecule has 55 valence electrons. The minimum atomic E-state index is 0.486. The van der Waals surface area contributed by atoms with E-state index in [2.05, 4.69) is 21.3 Å². The lowest BCUT2D eigenvalue weighted by Gasteiger charge is -1.86. The molecule has 0 saturated carbocycles. The molecule has 0 aromatic carbocycles. The average molecular weight is 185 g/mol. The number of aromatic amines is 1. The van der Waals surface area contributed by atoms with E-state index in [1.165, 1.54) is 11.3 Å². The molecule has 0 aliphatic rings. The second-order valence-corrected chi connectivity index (χ2v) is 3.12. The molecule has 0 spiro atoms. The fourth-order valence-electron chi connectivity index (χ4n) is 0.723. The highest BCUT2D eigenvalue weighted by Crippen LogP contribution is 2.24. The van der Waals surface area contributed by atoms with Crippen LogP contribution in [0.25, 0.3) is 10.7 Å². The van der Waals surface area contributed by atoms with Crippen molar-refractivity contribution < 1.29 is 0 Å². The summed E-state index contributed by atoms with van der Waals surface area (Å²) in [5.41, 5.74) is 0.668. The summed E-state index contributed by atoms with van der Waals surface area (Å²) in [4.78, 5) is 10.6. The van der Waals surface area contributed by atoms with E-state index >= 15 is 0 Å². The summed E-state index contributed by atoms with van der Waals surface area (Å²) in [6.45, 7) is 0. The van der Waals surface area contributed by atoms with E-state index in [-0.39, 0.29) is 0 Å². The Morgan fingerprint density at radius 2 is 2.55 bits per heavy atom. The van der Waals surface area contributed by atoms with Crippen molar-refractivity contribution in [2.75, 3.05) is 0 Å². The first-order chi connectivity index (χ1) is 5.38. The van der Waals surface area contributed by atoms with Crippen molar-refractivity contribution in [1.82, 2.24) is 15.0 Å². The molecule has 0 amide bonds. The topological polar surface area (TPSA) is 41.6 Å². The van der Waals surface area contributed by atoms with Crippen molar-refractivity contribution in [3.05, 3.63) is 23.1 Å². The number of thiazole rings is 1. The molecule has 5 heteroatoms. The Bertz CT molecular complexity index is 340. The van der Waals surface area contributed by atoms with Gasteiger partial charge in [0, 0.05) is 11.6 Å². The number of halogens is 1. The predicted octanol–water partition coefficient (Wildman–Crippen LogP) is 1.99. The molecule has 0 aliphatic carbocycles. The second-order valence-electron chi connectivity index (χ2n) is 1.85. The molecule has 1 radical (unpaired) electrons. The van der Waals surface area contributed by atoms with Crippen LogP contribution in [0.15, 0.2) is 11.6 Å². The van der Waals surface area contributed by atoms with Gasteiger partial charge in [-0.1, -0.05) is 11.6 Å². The van der Waals surface area contributed by atoms with Crippen molar-refractivity contribution in [1.29, 1.82) is 0 Å². The molecule has 11 heavy (non-hydrogen) atoms. The summed E-state index contributed by atoms with van der Waals surface area (Å²) in [6, 6.07) is 0. The van der Waals surface area contributed by atoms with Gasteiger partial charge in [-0.05, 0) is 0 Å². The molecule has 2 aromatic heterocycles. The van der Waals surface area contributed by atoms with Crippen LogP contribution in [0.1, 0.15) is 0 Å². The molecule has 0 atom stereocenters. The van der Waals surface area contributed by atoms with Crippen molar-refractivity contribution in [3.8, 4) is 10.7 Å². The lowest BCUT2D eigenvalue weighted by atomic mass is 10.5. The van der Waals surface area contributed by atoms with E-state index in [4.69, 9.17) is 11.6 Å². The van der Waals surface area contributed by atoms with E-state index in [1.54, 1.807) is 6.20 Å². The van der Waals surface area contributed by atoms with Crippen LogP contribution in [-0.4, -0.2) is 15.0 Å². The number of nitrogens with zero attached hydrogens (tertiary/aromatic N) is 2. The van der Waals surface area contributed by atoms with E-state index in [0.29, 0.717) is 10.8 Å². The Balaban J connectivity index is 2.53. The van der Waals surface area contributed by atoms with Gasteiger partial charge in [-0.3, -0.25) is 0 Å². The van der Waals surface area contributed by atoms with Gasteiger partial charge in [-0.15, -0.1) is 11.3 Å². The third-order valence-electron chi connectivity index (χ3n) is 1.18. The molecule has 2 heterocycles. The number of aromatic nitrogens is 3. The molecular weight excluding hydrogens is 182 g/mol. The number of rotatable bonds is 1. The Morgan fingerprint density at radius 1 is 1.64 bits per heavy atom. The maximum absolute atomic E-state index is 5.75. The number of nitrogens with one attached hydrogen (secondary N) is 1. The van der Waals surface area contributed by atoms with Gasteiger partial charge in [0.25, 0.3) is 0 Å². The van der Waals surface area contributed by atoms with E-state index in [9.17, 15) is 0 Å². The van der Waals surface area contributed by atoms with Gasteiger partial charge >= 0.3 is 0 Å². The van der Waals surface area contributed by atoms with Crippen LogP contribution >= 0.6 is 22.9 Å². The molecule has 2 aromatic rings. The molecule has 0 saturated heterocycles. The van der Waals surface area contributed by atoms with Gasteiger partial charge in [0.1, 0.15) is 15.9 Å². The minimum Gasteiger partial charge on any atom is -0.326 e. The smallest absolute Gasteiger partial charge is 0.175 e. The maximum atomic E-state index is 5.75. The largest absolute Gasteiger partial charge is 0.326 e. The Morgan fingerprint density at radius 3 is 3.09 bits per heavy atom. The zero-order chi connectivity index (χ0) is 7.68. The van der Waals surface area contributed by atoms with Crippen molar-refractivity contribution in [2.45, 2.75) is 0 Å². The molecule has 0 unspecified atom stereocenters. The van der Waals surface area contributed by atoms with Crippen LogP contribution in [0.2, 0.25) is 5.15 Å². The average Bonchev–Trinajstić information content (AvgIpc) is 2.55. The summed E-state index contributed by atoms with van der Waals surface area (Å²) >= 11 is 7.25. The van der Waals surface area contributed by atoms with E-state index < -0.39 is 0 Å². The standard InChI is InChI=1S/C6H3ClN3S/c7-5-4(9-3-10-5)6-8-1-2-11-6/h1-2H,(H,9,10). The lowest BCUT2D eigenvalue weighted by Crippen LogP contribution is -1.74. The highest BCUT2D eigenvalue weighted by atomic mass is 35.5.